The first kappa shape index (κ1) is 15.5. The van der Waals surface area contributed by atoms with Crippen LogP contribution in [0.15, 0.2) is 30.3 Å². The van der Waals surface area contributed by atoms with Gasteiger partial charge in [0.1, 0.15) is 0 Å². The van der Waals surface area contributed by atoms with E-state index in [-0.39, 0.29) is 12.5 Å². The molecule has 1 aromatic carbocycles. The van der Waals surface area contributed by atoms with Crippen LogP contribution in [0.1, 0.15) is 37.7 Å². The lowest BCUT2D eigenvalue weighted by Gasteiger charge is -2.36. The van der Waals surface area contributed by atoms with Crippen molar-refractivity contribution >= 4 is 11.9 Å². The maximum Gasteiger partial charge on any atom is 0.308 e. The summed E-state index contributed by atoms with van der Waals surface area (Å²) in [6, 6.07) is 10.4. The Hall–Kier alpha value is -1.84. The first-order valence-electron chi connectivity index (χ1n) is 7.49. The minimum atomic E-state index is -0.859. The van der Waals surface area contributed by atoms with Gasteiger partial charge in [-0.05, 0) is 30.2 Å². The average molecular weight is 289 g/mol. The summed E-state index contributed by atoms with van der Waals surface area (Å²) in [5, 5.41) is 8.87. The smallest absolute Gasteiger partial charge is 0.308 e. The molecule has 21 heavy (non-hydrogen) atoms. The van der Waals surface area contributed by atoms with E-state index in [0.29, 0.717) is 18.3 Å². The number of benzene rings is 1. The van der Waals surface area contributed by atoms with E-state index in [1.165, 1.54) is 5.56 Å². The molecule has 2 rings (SSSR count). The minimum Gasteiger partial charge on any atom is -0.481 e. The fourth-order valence-corrected chi connectivity index (χ4v) is 2.89. The molecule has 1 N–H and O–H groups in total. The van der Waals surface area contributed by atoms with Crippen LogP contribution in [-0.4, -0.2) is 35.5 Å². The fraction of sp³-hybridized carbons (Fsp3) is 0.529. The van der Waals surface area contributed by atoms with E-state index in [1.807, 2.05) is 6.07 Å². The molecule has 0 radical (unpaired) electrons. The van der Waals surface area contributed by atoms with Crippen molar-refractivity contribution in [3.63, 3.8) is 0 Å². The minimum absolute atomic E-state index is 0.0552. The third-order valence-electron chi connectivity index (χ3n) is 4.37. The molecule has 1 amide bonds. The molecule has 0 aromatic heterocycles. The lowest BCUT2D eigenvalue weighted by atomic mass is 9.70. The highest BCUT2D eigenvalue weighted by Crippen LogP contribution is 2.43. The number of aliphatic carboxylic acids is 1. The van der Waals surface area contributed by atoms with Gasteiger partial charge in [0.25, 0.3) is 0 Å². The SMILES string of the molecule is CC(CN(C)C(=O)CC1CC(c2ccccc2)C1)C(=O)O. The van der Waals surface area contributed by atoms with Gasteiger partial charge in [-0.2, -0.15) is 0 Å². The fourth-order valence-electron chi connectivity index (χ4n) is 2.89. The third kappa shape index (κ3) is 4.06. The number of carbonyl (C=O) groups is 2. The highest BCUT2D eigenvalue weighted by Gasteiger charge is 2.32. The molecule has 0 aliphatic heterocycles. The molecule has 4 heteroatoms. The van der Waals surface area contributed by atoms with Crippen LogP contribution in [0, 0.1) is 11.8 Å². The van der Waals surface area contributed by atoms with Gasteiger partial charge >= 0.3 is 5.97 Å². The summed E-state index contributed by atoms with van der Waals surface area (Å²) < 4.78 is 0. The molecule has 0 saturated heterocycles. The molecule has 0 bridgehead atoms. The number of amides is 1. The van der Waals surface area contributed by atoms with E-state index < -0.39 is 11.9 Å². The lowest BCUT2D eigenvalue weighted by Crippen LogP contribution is -2.36. The van der Waals surface area contributed by atoms with E-state index in [2.05, 4.69) is 24.3 Å². The predicted molar refractivity (Wildman–Crippen MR) is 81.0 cm³/mol. The van der Waals surface area contributed by atoms with Crippen molar-refractivity contribution in [3.05, 3.63) is 35.9 Å². The number of hydrogen-bond acceptors (Lipinski definition) is 2. The Morgan fingerprint density at radius 2 is 1.90 bits per heavy atom. The third-order valence-corrected chi connectivity index (χ3v) is 4.37. The van der Waals surface area contributed by atoms with E-state index in [9.17, 15) is 9.59 Å². The van der Waals surface area contributed by atoms with E-state index in [1.54, 1.807) is 18.9 Å². The van der Waals surface area contributed by atoms with Crippen molar-refractivity contribution < 1.29 is 14.7 Å². The predicted octanol–water partition coefficient (Wildman–Crippen LogP) is 2.75. The van der Waals surface area contributed by atoms with Gasteiger partial charge in [0.05, 0.1) is 5.92 Å². The number of hydrogen-bond donors (Lipinski definition) is 1. The number of carbonyl (C=O) groups excluding carboxylic acids is 1. The van der Waals surface area contributed by atoms with Gasteiger partial charge < -0.3 is 10.0 Å². The van der Waals surface area contributed by atoms with Gasteiger partial charge in [-0.1, -0.05) is 37.3 Å². The number of carboxylic acid groups (broad SMARTS) is 1. The van der Waals surface area contributed by atoms with Crippen LogP contribution in [0.3, 0.4) is 0 Å². The second-order valence-electron chi connectivity index (χ2n) is 6.16. The Morgan fingerprint density at radius 1 is 1.29 bits per heavy atom. The van der Waals surface area contributed by atoms with Crippen LogP contribution in [0.25, 0.3) is 0 Å². The van der Waals surface area contributed by atoms with Crippen molar-refractivity contribution in [1.82, 2.24) is 4.90 Å². The summed E-state index contributed by atoms with van der Waals surface area (Å²) in [6.45, 7) is 1.91. The van der Waals surface area contributed by atoms with Crippen LogP contribution < -0.4 is 0 Å². The van der Waals surface area contributed by atoms with Gasteiger partial charge in [0.15, 0.2) is 0 Å². The van der Waals surface area contributed by atoms with Crippen LogP contribution in [0.2, 0.25) is 0 Å². The molecule has 1 aliphatic rings. The molecule has 1 saturated carbocycles. The first-order chi connectivity index (χ1) is 9.97. The van der Waals surface area contributed by atoms with Gasteiger partial charge in [0, 0.05) is 20.0 Å². The molecule has 1 aromatic rings. The van der Waals surface area contributed by atoms with Gasteiger partial charge in [0.2, 0.25) is 5.91 Å². The lowest BCUT2D eigenvalue weighted by molar-refractivity contribution is -0.142. The molecule has 0 spiro atoms. The molecule has 1 atom stereocenters. The highest BCUT2D eigenvalue weighted by molar-refractivity contribution is 5.77. The second kappa shape index (κ2) is 6.74. The van der Waals surface area contributed by atoms with Crippen LogP contribution in [0.4, 0.5) is 0 Å². The summed E-state index contributed by atoms with van der Waals surface area (Å²) in [5.74, 6) is -0.308. The average Bonchev–Trinajstić information content (AvgIpc) is 2.42. The summed E-state index contributed by atoms with van der Waals surface area (Å²) in [5.41, 5.74) is 1.36. The Bertz CT molecular complexity index is 494. The highest BCUT2D eigenvalue weighted by atomic mass is 16.4. The normalized spacial score (nSPS) is 22.2. The molecule has 0 heterocycles. The number of carboxylic acids is 1. The number of nitrogens with zero attached hydrogens (tertiary/aromatic N) is 1. The quantitative estimate of drug-likeness (QED) is 0.876. The van der Waals surface area contributed by atoms with Crippen molar-refractivity contribution in [2.45, 2.75) is 32.1 Å². The Morgan fingerprint density at radius 3 is 2.48 bits per heavy atom. The van der Waals surface area contributed by atoms with E-state index in [4.69, 9.17) is 5.11 Å². The molecule has 4 nitrogen and oxygen atoms in total. The maximum absolute atomic E-state index is 12.1. The topological polar surface area (TPSA) is 57.6 Å². The van der Waals surface area contributed by atoms with Crippen molar-refractivity contribution in [3.8, 4) is 0 Å². The second-order valence-corrected chi connectivity index (χ2v) is 6.16. The van der Waals surface area contributed by atoms with Crippen molar-refractivity contribution in [1.29, 1.82) is 0 Å². The summed E-state index contributed by atoms with van der Waals surface area (Å²) >= 11 is 0. The monoisotopic (exact) mass is 289 g/mol. The zero-order valence-electron chi connectivity index (χ0n) is 12.7. The number of rotatable bonds is 6. The largest absolute Gasteiger partial charge is 0.481 e. The van der Waals surface area contributed by atoms with E-state index >= 15 is 0 Å². The zero-order chi connectivity index (χ0) is 15.4. The van der Waals surface area contributed by atoms with Crippen LogP contribution in [0.5, 0.6) is 0 Å². The van der Waals surface area contributed by atoms with Crippen LogP contribution >= 0.6 is 0 Å². The van der Waals surface area contributed by atoms with Crippen LogP contribution in [-0.2, 0) is 9.59 Å². The molecule has 114 valence electrons. The molecule has 1 unspecified atom stereocenters. The van der Waals surface area contributed by atoms with Crippen molar-refractivity contribution in [2.24, 2.45) is 11.8 Å². The van der Waals surface area contributed by atoms with Gasteiger partial charge in [-0.25, -0.2) is 0 Å². The molecule has 1 fully saturated rings. The standard InChI is InChI=1S/C17H23NO3/c1-12(17(20)21)11-18(2)16(19)10-13-8-15(9-13)14-6-4-3-5-7-14/h3-7,12-13,15H,8-11H2,1-2H3,(H,20,21). The van der Waals surface area contributed by atoms with Crippen molar-refractivity contribution in [2.75, 3.05) is 13.6 Å². The van der Waals surface area contributed by atoms with E-state index in [0.717, 1.165) is 12.8 Å². The summed E-state index contributed by atoms with van der Waals surface area (Å²) in [6.07, 6.45) is 2.64. The molecular weight excluding hydrogens is 266 g/mol. The summed E-state index contributed by atoms with van der Waals surface area (Å²) in [7, 11) is 1.69. The zero-order valence-corrected chi connectivity index (χ0v) is 12.7. The molecule has 1 aliphatic carbocycles. The Balaban J connectivity index is 1.74. The first-order valence-corrected chi connectivity index (χ1v) is 7.49. The maximum atomic E-state index is 12.1. The van der Waals surface area contributed by atoms with Gasteiger partial charge in [-0.3, -0.25) is 9.59 Å². The van der Waals surface area contributed by atoms with Gasteiger partial charge in [-0.15, -0.1) is 0 Å². The Labute approximate surface area is 125 Å². The summed E-state index contributed by atoms with van der Waals surface area (Å²) in [4.78, 5) is 24.4. The Kier molecular flexibility index (Phi) is 4.99. The molecular formula is C17H23NO3.